The quantitative estimate of drug-likeness (QED) is 0.192. The highest BCUT2D eigenvalue weighted by molar-refractivity contribution is 14.1. The number of halogens is 1. The zero-order chi connectivity index (χ0) is 21.7. The first-order valence-corrected chi connectivity index (χ1v) is 14.5. The molecule has 0 heterocycles. The number of allylic oxidation sites excluding steroid dienone is 4. The van der Waals surface area contributed by atoms with Crippen molar-refractivity contribution < 1.29 is 0 Å². The molecule has 30 heavy (non-hydrogen) atoms. The Morgan fingerprint density at radius 3 is 2.50 bits per heavy atom. The van der Waals surface area contributed by atoms with Gasteiger partial charge in [0, 0.05) is 3.92 Å². The van der Waals surface area contributed by atoms with Crippen LogP contribution in [0.5, 0.6) is 0 Å². The Labute approximate surface area is 201 Å². The molecular weight excluding hydrogens is 475 g/mol. The zero-order valence-corrected chi connectivity index (χ0v) is 22.8. The molecule has 4 aliphatic carbocycles. The Bertz CT molecular complexity index is 674. The molecule has 9 unspecified atom stereocenters. The highest BCUT2D eigenvalue weighted by Crippen LogP contribution is 2.67. The van der Waals surface area contributed by atoms with E-state index in [0.29, 0.717) is 10.8 Å². The highest BCUT2D eigenvalue weighted by atomic mass is 127. The van der Waals surface area contributed by atoms with Crippen LogP contribution in [0.1, 0.15) is 99.3 Å². The second-order valence-corrected chi connectivity index (χ2v) is 14.1. The van der Waals surface area contributed by atoms with Gasteiger partial charge in [-0.3, -0.25) is 0 Å². The van der Waals surface area contributed by atoms with Crippen LogP contribution in [0.25, 0.3) is 0 Å². The van der Waals surface area contributed by atoms with Crippen LogP contribution in [0.2, 0.25) is 0 Å². The fourth-order valence-corrected chi connectivity index (χ4v) is 9.59. The second kappa shape index (κ2) is 8.86. The maximum atomic E-state index is 2.74. The number of fused-ring (bicyclic) bond motifs is 5. The van der Waals surface area contributed by atoms with E-state index >= 15 is 0 Å². The Hall–Kier alpha value is 0.210. The molecular formula is C29H47I. The van der Waals surface area contributed by atoms with Crippen LogP contribution in [0.3, 0.4) is 0 Å². The molecule has 0 aromatic rings. The molecule has 0 spiro atoms. The van der Waals surface area contributed by atoms with Crippen molar-refractivity contribution in [3.8, 4) is 0 Å². The summed E-state index contributed by atoms with van der Waals surface area (Å²) in [5, 5.41) is 0. The van der Waals surface area contributed by atoms with Gasteiger partial charge in [0.2, 0.25) is 0 Å². The normalized spacial score (nSPS) is 45.6. The molecule has 1 heteroatoms. The number of alkyl halides is 1. The minimum absolute atomic E-state index is 0.529. The minimum Gasteiger partial charge on any atom is -0.0851 e. The summed E-state index contributed by atoms with van der Waals surface area (Å²) in [6.07, 6.45) is 20.8. The molecule has 170 valence electrons. The van der Waals surface area contributed by atoms with Crippen molar-refractivity contribution in [1.29, 1.82) is 0 Å². The van der Waals surface area contributed by atoms with Crippen LogP contribution in [-0.2, 0) is 0 Å². The Morgan fingerprint density at radius 1 is 1.03 bits per heavy atom. The lowest BCUT2D eigenvalue weighted by Gasteiger charge is -2.58. The SMILES string of the molecule is CCC(/C=C/C(C)C1CCC2C3CC=C4CC(I)CCC4(C)C3CCC12C)C(C)C. The van der Waals surface area contributed by atoms with Gasteiger partial charge in [-0.05, 0) is 110 Å². The van der Waals surface area contributed by atoms with Crippen LogP contribution in [0, 0.1) is 52.3 Å². The first kappa shape index (κ1) is 23.4. The number of rotatable bonds is 5. The molecule has 0 nitrogen and oxygen atoms in total. The molecule has 3 fully saturated rings. The van der Waals surface area contributed by atoms with Crippen LogP contribution in [0.4, 0.5) is 0 Å². The van der Waals surface area contributed by atoms with E-state index in [0.717, 1.165) is 45.3 Å². The van der Waals surface area contributed by atoms with Gasteiger partial charge in [0.15, 0.2) is 0 Å². The largest absolute Gasteiger partial charge is 0.0851 e. The van der Waals surface area contributed by atoms with E-state index in [4.69, 9.17) is 0 Å². The fourth-order valence-electron chi connectivity index (χ4n) is 8.80. The first-order chi connectivity index (χ1) is 14.2. The number of hydrogen-bond donors (Lipinski definition) is 0. The van der Waals surface area contributed by atoms with E-state index in [1.807, 2.05) is 5.57 Å². The maximum absolute atomic E-state index is 2.74. The van der Waals surface area contributed by atoms with E-state index in [1.54, 1.807) is 0 Å². The molecule has 9 atom stereocenters. The average Bonchev–Trinajstić information content (AvgIpc) is 3.06. The summed E-state index contributed by atoms with van der Waals surface area (Å²) < 4.78 is 0.883. The lowest BCUT2D eigenvalue weighted by atomic mass is 9.47. The summed E-state index contributed by atoms with van der Waals surface area (Å²) in [6, 6.07) is 0. The Morgan fingerprint density at radius 2 is 1.80 bits per heavy atom. The molecule has 0 amide bonds. The van der Waals surface area contributed by atoms with Gasteiger partial charge in [-0.25, -0.2) is 0 Å². The molecule has 3 saturated carbocycles. The average molecular weight is 523 g/mol. The maximum Gasteiger partial charge on any atom is 0.0147 e. The summed E-state index contributed by atoms with van der Waals surface area (Å²) >= 11 is 2.71. The fraction of sp³-hybridized carbons (Fsp3) is 0.862. The molecule has 0 bridgehead atoms. The second-order valence-electron chi connectivity index (χ2n) is 12.4. The smallest absolute Gasteiger partial charge is 0.0147 e. The van der Waals surface area contributed by atoms with Crippen molar-refractivity contribution in [3.63, 3.8) is 0 Å². The van der Waals surface area contributed by atoms with Gasteiger partial charge in [-0.1, -0.05) is 87.9 Å². The standard InChI is InChI=1S/C29H47I/c1-7-21(19(2)3)9-8-20(4)25-12-13-26-24-11-10-22-18-23(30)14-16-28(22,5)27(24)15-17-29(25,26)6/h8-10,19-21,23-27H,7,11-18H2,1-6H3/b9-8+. The van der Waals surface area contributed by atoms with Gasteiger partial charge in [-0.15, -0.1) is 0 Å². The van der Waals surface area contributed by atoms with E-state index in [9.17, 15) is 0 Å². The van der Waals surface area contributed by atoms with E-state index < -0.39 is 0 Å². The molecule has 0 aliphatic heterocycles. The summed E-state index contributed by atoms with van der Waals surface area (Å²) in [4.78, 5) is 0. The van der Waals surface area contributed by atoms with Crippen molar-refractivity contribution in [2.24, 2.45) is 52.3 Å². The van der Waals surface area contributed by atoms with E-state index in [1.165, 1.54) is 57.8 Å². The summed E-state index contributed by atoms with van der Waals surface area (Å²) in [7, 11) is 0. The van der Waals surface area contributed by atoms with Gasteiger partial charge in [0.05, 0.1) is 0 Å². The lowest BCUT2D eigenvalue weighted by Crippen LogP contribution is -2.50. The third-order valence-electron chi connectivity index (χ3n) is 10.7. The zero-order valence-electron chi connectivity index (χ0n) is 20.6. The molecule has 0 saturated heterocycles. The number of hydrogen-bond acceptors (Lipinski definition) is 0. The summed E-state index contributed by atoms with van der Waals surface area (Å²) in [5.74, 6) is 6.05. The summed E-state index contributed by atoms with van der Waals surface area (Å²) in [5.41, 5.74) is 2.96. The van der Waals surface area contributed by atoms with E-state index in [-0.39, 0.29) is 0 Å². The highest BCUT2D eigenvalue weighted by Gasteiger charge is 2.58. The molecule has 0 aromatic carbocycles. The van der Waals surface area contributed by atoms with E-state index in [2.05, 4.69) is 82.4 Å². The van der Waals surface area contributed by atoms with Crippen molar-refractivity contribution in [2.45, 2.75) is 103 Å². The molecule has 0 radical (unpaired) electrons. The van der Waals surface area contributed by atoms with Crippen LogP contribution >= 0.6 is 22.6 Å². The molecule has 4 rings (SSSR count). The van der Waals surface area contributed by atoms with Crippen LogP contribution in [0.15, 0.2) is 23.8 Å². The predicted molar refractivity (Wildman–Crippen MR) is 140 cm³/mol. The lowest BCUT2D eigenvalue weighted by molar-refractivity contribution is -0.0457. The van der Waals surface area contributed by atoms with Crippen LogP contribution < -0.4 is 0 Å². The third-order valence-corrected chi connectivity index (χ3v) is 11.8. The van der Waals surface area contributed by atoms with Gasteiger partial charge in [-0.2, -0.15) is 0 Å². The Balaban J connectivity index is 1.52. The molecule has 0 N–H and O–H groups in total. The Kier molecular flexibility index (Phi) is 6.91. The van der Waals surface area contributed by atoms with Crippen molar-refractivity contribution in [1.82, 2.24) is 0 Å². The minimum atomic E-state index is 0.529. The topological polar surface area (TPSA) is 0 Å². The van der Waals surface area contributed by atoms with Gasteiger partial charge >= 0.3 is 0 Å². The molecule has 0 aromatic heterocycles. The monoisotopic (exact) mass is 522 g/mol. The third kappa shape index (κ3) is 3.90. The molecule has 4 aliphatic rings. The van der Waals surface area contributed by atoms with Crippen molar-refractivity contribution >= 4 is 22.6 Å². The van der Waals surface area contributed by atoms with Gasteiger partial charge in [0.1, 0.15) is 0 Å². The van der Waals surface area contributed by atoms with Crippen LogP contribution in [-0.4, -0.2) is 3.92 Å². The van der Waals surface area contributed by atoms with Crippen molar-refractivity contribution in [3.05, 3.63) is 23.8 Å². The van der Waals surface area contributed by atoms with Crippen molar-refractivity contribution in [2.75, 3.05) is 0 Å². The van der Waals surface area contributed by atoms with Gasteiger partial charge in [0.25, 0.3) is 0 Å². The first-order valence-electron chi connectivity index (χ1n) is 13.2. The predicted octanol–water partition coefficient (Wildman–Crippen LogP) is 9.24. The summed E-state index contributed by atoms with van der Waals surface area (Å²) in [6.45, 7) is 15.0. The van der Waals surface area contributed by atoms with Gasteiger partial charge < -0.3 is 0 Å².